The van der Waals surface area contributed by atoms with Crippen molar-refractivity contribution in [1.82, 2.24) is 20.3 Å². The van der Waals surface area contributed by atoms with Crippen LogP contribution in [0.1, 0.15) is 6.42 Å². The number of aryl methyl sites for hydroxylation is 1. The Hall–Kier alpha value is -1.96. The fourth-order valence-corrected chi connectivity index (χ4v) is 1.02. The maximum absolute atomic E-state index is 11.3. The van der Waals surface area contributed by atoms with E-state index in [0.29, 0.717) is 6.54 Å². The maximum atomic E-state index is 11.3. The van der Waals surface area contributed by atoms with E-state index >= 15 is 0 Å². The summed E-state index contributed by atoms with van der Waals surface area (Å²) >= 11 is 0. The van der Waals surface area contributed by atoms with Gasteiger partial charge in [0, 0.05) is 12.6 Å². The van der Waals surface area contributed by atoms with Gasteiger partial charge in [0.2, 0.25) is 5.91 Å². The average Bonchev–Trinajstić information content (AvgIpc) is 2.75. The Morgan fingerprint density at radius 3 is 2.75 bits per heavy atom. The number of aromatic nitrogens is 3. The predicted octanol–water partition coefficient (Wildman–Crippen LogP) is -1.77. The Morgan fingerprint density at radius 2 is 2.25 bits per heavy atom. The topological polar surface area (TPSA) is 117 Å². The summed E-state index contributed by atoms with van der Waals surface area (Å²) in [5.74, 6) is -1.73. The van der Waals surface area contributed by atoms with Crippen LogP contribution in [0.3, 0.4) is 0 Å². The number of carbonyl (C=O) groups excluding carboxylic acids is 1. The van der Waals surface area contributed by atoms with Crippen molar-refractivity contribution in [3.63, 3.8) is 0 Å². The largest absolute Gasteiger partial charge is 0.480 e. The number of hydrogen-bond donors (Lipinski definition) is 3. The molecular weight excluding hydrogens is 216 g/mol. The molecule has 16 heavy (non-hydrogen) atoms. The number of carbonyl (C=O) groups is 2. The third-order valence-corrected chi connectivity index (χ3v) is 1.86. The lowest BCUT2D eigenvalue weighted by atomic mass is 10.3. The van der Waals surface area contributed by atoms with E-state index in [9.17, 15) is 9.59 Å². The van der Waals surface area contributed by atoms with E-state index in [1.54, 1.807) is 6.20 Å². The third-order valence-electron chi connectivity index (χ3n) is 1.86. The molecule has 1 aromatic rings. The quantitative estimate of drug-likeness (QED) is 0.530. The van der Waals surface area contributed by atoms with Crippen molar-refractivity contribution in [3.8, 4) is 0 Å². The first-order valence-corrected chi connectivity index (χ1v) is 4.60. The van der Waals surface area contributed by atoms with Crippen LogP contribution in [0, 0.1) is 0 Å². The number of carboxylic acid groups (broad SMARTS) is 1. The van der Waals surface area contributed by atoms with Crippen LogP contribution in [0.15, 0.2) is 12.4 Å². The molecule has 1 heterocycles. The summed E-state index contributed by atoms with van der Waals surface area (Å²) in [5, 5.41) is 26.6. The standard InChI is InChI=1S/C8H12N4O4/c13-5-6(8(15)16)10-7(14)1-3-12-4-2-9-11-12/h2,4,6,13H,1,3,5H2,(H,10,14)(H,15,16)/t6-/m1/s1. The lowest BCUT2D eigenvalue weighted by Crippen LogP contribution is -2.43. The van der Waals surface area contributed by atoms with Crippen molar-refractivity contribution in [1.29, 1.82) is 0 Å². The Kier molecular flexibility index (Phi) is 4.40. The highest BCUT2D eigenvalue weighted by Gasteiger charge is 2.18. The van der Waals surface area contributed by atoms with Gasteiger partial charge in [0.25, 0.3) is 0 Å². The van der Waals surface area contributed by atoms with Crippen LogP contribution < -0.4 is 5.32 Å². The fraction of sp³-hybridized carbons (Fsp3) is 0.500. The molecule has 3 N–H and O–H groups in total. The molecule has 0 spiro atoms. The molecule has 1 atom stereocenters. The van der Waals surface area contributed by atoms with E-state index in [1.165, 1.54) is 10.9 Å². The van der Waals surface area contributed by atoms with Gasteiger partial charge in [-0.1, -0.05) is 5.21 Å². The first-order chi connectivity index (χ1) is 7.63. The van der Waals surface area contributed by atoms with Crippen molar-refractivity contribution in [2.24, 2.45) is 0 Å². The van der Waals surface area contributed by atoms with Crippen molar-refractivity contribution in [2.45, 2.75) is 19.0 Å². The second kappa shape index (κ2) is 5.81. The van der Waals surface area contributed by atoms with Crippen LogP contribution in [-0.4, -0.2) is 49.7 Å². The summed E-state index contributed by atoms with van der Waals surface area (Å²) in [6.45, 7) is -0.325. The number of rotatable bonds is 6. The van der Waals surface area contributed by atoms with Crippen molar-refractivity contribution in [2.75, 3.05) is 6.61 Å². The monoisotopic (exact) mass is 228 g/mol. The summed E-state index contributed by atoms with van der Waals surface area (Å²) in [7, 11) is 0. The Labute approximate surface area is 90.9 Å². The summed E-state index contributed by atoms with van der Waals surface area (Å²) in [6.07, 6.45) is 3.15. The predicted molar refractivity (Wildman–Crippen MR) is 51.3 cm³/mol. The Morgan fingerprint density at radius 1 is 1.50 bits per heavy atom. The summed E-state index contributed by atoms with van der Waals surface area (Å²) in [5.41, 5.74) is 0. The van der Waals surface area contributed by atoms with Gasteiger partial charge in [0.05, 0.1) is 19.3 Å². The van der Waals surface area contributed by atoms with Crippen molar-refractivity contribution < 1.29 is 19.8 Å². The zero-order valence-corrected chi connectivity index (χ0v) is 8.41. The molecule has 1 rings (SSSR count). The summed E-state index contributed by atoms with van der Waals surface area (Å²) < 4.78 is 1.45. The molecule has 1 amide bonds. The highest BCUT2D eigenvalue weighted by atomic mass is 16.4. The van der Waals surface area contributed by atoms with Crippen LogP contribution in [0.2, 0.25) is 0 Å². The normalized spacial score (nSPS) is 12.1. The Bertz CT molecular complexity index is 351. The van der Waals surface area contributed by atoms with E-state index in [2.05, 4.69) is 15.6 Å². The molecule has 0 bridgehead atoms. The SMILES string of the molecule is O=C(CCn1ccnn1)N[C@H](CO)C(=O)O. The Balaban J connectivity index is 2.33. The van der Waals surface area contributed by atoms with Crippen molar-refractivity contribution >= 4 is 11.9 Å². The van der Waals surface area contributed by atoms with E-state index < -0.39 is 24.5 Å². The number of aliphatic hydroxyl groups excluding tert-OH is 1. The van der Waals surface area contributed by atoms with Gasteiger partial charge in [-0.15, -0.1) is 5.10 Å². The fourth-order valence-electron chi connectivity index (χ4n) is 1.02. The lowest BCUT2D eigenvalue weighted by molar-refractivity contribution is -0.143. The molecular formula is C8H12N4O4. The summed E-state index contributed by atoms with van der Waals surface area (Å²) in [4.78, 5) is 21.8. The van der Waals surface area contributed by atoms with Gasteiger partial charge in [0.15, 0.2) is 0 Å². The molecule has 8 heteroatoms. The van der Waals surface area contributed by atoms with Crippen LogP contribution >= 0.6 is 0 Å². The van der Waals surface area contributed by atoms with Crippen LogP contribution in [-0.2, 0) is 16.1 Å². The minimum Gasteiger partial charge on any atom is -0.480 e. The second-order valence-corrected chi connectivity index (χ2v) is 3.06. The molecule has 0 aliphatic rings. The van der Waals surface area contributed by atoms with Crippen molar-refractivity contribution in [3.05, 3.63) is 12.4 Å². The average molecular weight is 228 g/mol. The molecule has 88 valence electrons. The summed E-state index contributed by atoms with van der Waals surface area (Å²) in [6, 6.07) is -1.26. The van der Waals surface area contributed by atoms with E-state index in [0.717, 1.165) is 0 Å². The highest BCUT2D eigenvalue weighted by molar-refractivity contribution is 5.83. The van der Waals surface area contributed by atoms with Gasteiger partial charge in [0.1, 0.15) is 6.04 Å². The van der Waals surface area contributed by atoms with E-state index in [4.69, 9.17) is 10.2 Å². The number of carboxylic acids is 1. The number of aliphatic hydroxyl groups is 1. The number of hydrogen-bond acceptors (Lipinski definition) is 5. The molecule has 0 fully saturated rings. The minimum atomic E-state index is -1.27. The zero-order chi connectivity index (χ0) is 12.0. The molecule has 0 aliphatic heterocycles. The maximum Gasteiger partial charge on any atom is 0.328 e. The molecule has 1 aromatic heterocycles. The van der Waals surface area contributed by atoms with Crippen LogP contribution in [0.5, 0.6) is 0 Å². The van der Waals surface area contributed by atoms with Gasteiger partial charge >= 0.3 is 5.97 Å². The third kappa shape index (κ3) is 3.65. The number of nitrogens with zero attached hydrogens (tertiary/aromatic N) is 3. The minimum absolute atomic E-state index is 0.0765. The van der Waals surface area contributed by atoms with Gasteiger partial charge in [-0.05, 0) is 0 Å². The van der Waals surface area contributed by atoms with Gasteiger partial charge in [-0.2, -0.15) is 0 Å². The van der Waals surface area contributed by atoms with Crippen LogP contribution in [0.4, 0.5) is 0 Å². The van der Waals surface area contributed by atoms with Gasteiger partial charge < -0.3 is 15.5 Å². The number of amides is 1. The van der Waals surface area contributed by atoms with E-state index in [1.807, 2.05) is 0 Å². The van der Waals surface area contributed by atoms with Crippen LogP contribution in [0.25, 0.3) is 0 Å². The number of nitrogens with one attached hydrogen (secondary N) is 1. The molecule has 0 aromatic carbocycles. The zero-order valence-electron chi connectivity index (χ0n) is 8.41. The second-order valence-electron chi connectivity index (χ2n) is 3.06. The molecule has 0 radical (unpaired) electrons. The lowest BCUT2D eigenvalue weighted by Gasteiger charge is -2.11. The van der Waals surface area contributed by atoms with E-state index in [-0.39, 0.29) is 6.42 Å². The molecule has 0 aliphatic carbocycles. The molecule has 0 saturated heterocycles. The molecule has 0 unspecified atom stereocenters. The van der Waals surface area contributed by atoms with Gasteiger partial charge in [-0.3, -0.25) is 9.48 Å². The first-order valence-electron chi connectivity index (χ1n) is 4.60. The number of aliphatic carboxylic acids is 1. The smallest absolute Gasteiger partial charge is 0.328 e. The highest BCUT2D eigenvalue weighted by Crippen LogP contribution is 1.90. The first kappa shape index (κ1) is 12.1. The van der Waals surface area contributed by atoms with Gasteiger partial charge in [-0.25, -0.2) is 4.79 Å². The molecule has 0 saturated carbocycles. The molecule has 8 nitrogen and oxygen atoms in total.